The zero-order valence-electron chi connectivity index (χ0n) is 17.7. The molecule has 0 aromatic heterocycles. The lowest BCUT2D eigenvalue weighted by atomic mass is 10.1. The number of anilines is 2. The minimum atomic E-state index is -0.590. The third-order valence-corrected chi connectivity index (χ3v) is 5.93. The van der Waals surface area contributed by atoms with Gasteiger partial charge >= 0.3 is 0 Å². The molecule has 0 bridgehead atoms. The van der Waals surface area contributed by atoms with Crippen LogP contribution in [-0.4, -0.2) is 49.0 Å². The van der Waals surface area contributed by atoms with Gasteiger partial charge in [-0.2, -0.15) is 0 Å². The lowest BCUT2D eigenvalue weighted by Gasteiger charge is -2.38. The van der Waals surface area contributed by atoms with Gasteiger partial charge in [0.25, 0.3) is 5.91 Å². The summed E-state index contributed by atoms with van der Waals surface area (Å²) in [5, 5.41) is 2.98. The largest absolute Gasteiger partial charge is 0.477 e. The average Bonchev–Trinajstić information content (AvgIpc) is 2.76. The van der Waals surface area contributed by atoms with E-state index in [-0.39, 0.29) is 18.4 Å². The molecule has 2 aliphatic rings. The van der Waals surface area contributed by atoms with Gasteiger partial charge in [0, 0.05) is 18.8 Å². The molecule has 2 amide bonds. The quantitative estimate of drug-likeness (QED) is 0.842. The highest BCUT2D eigenvalue weighted by Gasteiger charge is 2.34. The van der Waals surface area contributed by atoms with Gasteiger partial charge < -0.3 is 19.9 Å². The standard InChI is InChI=1S/C24H29N3O3/c1-17-10-11-19(14-18(17)2)25-23(28)16-27-15-22(24(29)26-12-6-3-7-13-26)30-21-9-5-4-8-20(21)27/h4-5,8-11,14,22H,3,6-7,12-13,15-16H2,1-2H3,(H,25,28). The molecular formula is C24H29N3O3. The topological polar surface area (TPSA) is 61.9 Å². The van der Waals surface area contributed by atoms with Crippen molar-refractivity contribution in [2.75, 3.05) is 36.4 Å². The number of nitrogens with one attached hydrogen (secondary N) is 1. The van der Waals surface area contributed by atoms with Gasteiger partial charge in [0.15, 0.2) is 6.10 Å². The number of nitrogens with zero attached hydrogens (tertiary/aromatic N) is 2. The summed E-state index contributed by atoms with van der Waals surface area (Å²) in [4.78, 5) is 29.6. The van der Waals surface area contributed by atoms with E-state index in [9.17, 15) is 9.59 Å². The third kappa shape index (κ3) is 4.42. The van der Waals surface area contributed by atoms with Crippen LogP contribution in [0.5, 0.6) is 5.75 Å². The first-order valence-corrected chi connectivity index (χ1v) is 10.7. The molecule has 30 heavy (non-hydrogen) atoms. The third-order valence-electron chi connectivity index (χ3n) is 5.93. The van der Waals surface area contributed by atoms with E-state index >= 15 is 0 Å². The molecule has 1 N–H and O–H groups in total. The van der Waals surface area contributed by atoms with Crippen molar-refractivity contribution in [1.29, 1.82) is 0 Å². The zero-order valence-corrected chi connectivity index (χ0v) is 17.7. The van der Waals surface area contributed by atoms with Crippen molar-refractivity contribution in [2.45, 2.75) is 39.2 Å². The van der Waals surface area contributed by atoms with Gasteiger partial charge in [-0.1, -0.05) is 18.2 Å². The summed E-state index contributed by atoms with van der Waals surface area (Å²) in [6.45, 7) is 6.18. The Hall–Kier alpha value is -3.02. The molecule has 2 aromatic rings. The van der Waals surface area contributed by atoms with E-state index in [0.717, 1.165) is 42.9 Å². The Labute approximate surface area is 177 Å². The smallest absolute Gasteiger partial charge is 0.265 e. The Balaban J connectivity index is 1.48. The number of carbonyl (C=O) groups is 2. The first kappa shape index (κ1) is 20.3. The number of fused-ring (bicyclic) bond motifs is 1. The van der Waals surface area contributed by atoms with Gasteiger partial charge in [-0.25, -0.2) is 0 Å². The predicted octanol–water partition coefficient (Wildman–Crippen LogP) is 3.52. The maximum absolute atomic E-state index is 13.0. The first-order chi connectivity index (χ1) is 14.5. The van der Waals surface area contributed by atoms with E-state index < -0.39 is 6.10 Å². The zero-order chi connectivity index (χ0) is 21.1. The lowest BCUT2D eigenvalue weighted by Crippen LogP contribution is -2.52. The number of rotatable bonds is 4. The highest BCUT2D eigenvalue weighted by Crippen LogP contribution is 2.33. The van der Waals surface area contributed by atoms with Gasteiger partial charge in [0.2, 0.25) is 5.91 Å². The van der Waals surface area contributed by atoms with E-state index in [2.05, 4.69) is 5.32 Å². The number of para-hydroxylation sites is 2. The van der Waals surface area contributed by atoms with Crippen molar-refractivity contribution >= 4 is 23.2 Å². The molecular weight excluding hydrogens is 378 g/mol. The second-order valence-electron chi connectivity index (χ2n) is 8.19. The molecule has 1 fully saturated rings. The molecule has 1 unspecified atom stereocenters. The summed E-state index contributed by atoms with van der Waals surface area (Å²) < 4.78 is 6.04. The Morgan fingerprint density at radius 2 is 1.80 bits per heavy atom. The van der Waals surface area contributed by atoms with Gasteiger partial charge in [0.05, 0.1) is 18.8 Å². The second-order valence-corrected chi connectivity index (χ2v) is 8.19. The van der Waals surface area contributed by atoms with Crippen LogP contribution in [0.25, 0.3) is 0 Å². The van der Waals surface area contributed by atoms with Crippen LogP contribution >= 0.6 is 0 Å². The number of aryl methyl sites for hydroxylation is 2. The van der Waals surface area contributed by atoms with E-state index in [0.29, 0.717) is 12.3 Å². The SMILES string of the molecule is Cc1ccc(NC(=O)CN2CC(C(=O)N3CCCCC3)Oc3ccccc32)cc1C. The highest BCUT2D eigenvalue weighted by molar-refractivity contribution is 5.95. The maximum Gasteiger partial charge on any atom is 0.265 e. The first-order valence-electron chi connectivity index (χ1n) is 10.7. The van der Waals surface area contributed by atoms with Crippen molar-refractivity contribution < 1.29 is 14.3 Å². The normalized spacial score (nSPS) is 18.4. The summed E-state index contributed by atoms with van der Waals surface area (Å²) >= 11 is 0. The molecule has 2 aliphatic heterocycles. The monoisotopic (exact) mass is 407 g/mol. The second kappa shape index (κ2) is 8.78. The van der Waals surface area contributed by atoms with Crippen molar-refractivity contribution in [2.24, 2.45) is 0 Å². The Morgan fingerprint density at radius 3 is 2.57 bits per heavy atom. The summed E-state index contributed by atoms with van der Waals surface area (Å²) in [6.07, 6.45) is 2.66. The number of amides is 2. The fourth-order valence-electron chi connectivity index (χ4n) is 4.10. The molecule has 2 heterocycles. The molecule has 6 heteroatoms. The molecule has 0 aliphatic carbocycles. The number of likely N-dealkylation sites (tertiary alicyclic amines) is 1. The Morgan fingerprint density at radius 1 is 1.03 bits per heavy atom. The van der Waals surface area contributed by atoms with Crippen LogP contribution in [0.15, 0.2) is 42.5 Å². The van der Waals surface area contributed by atoms with E-state index in [1.54, 1.807) is 0 Å². The summed E-state index contributed by atoms with van der Waals surface area (Å²) in [5.74, 6) is 0.556. The van der Waals surface area contributed by atoms with Crippen LogP contribution in [0.4, 0.5) is 11.4 Å². The van der Waals surface area contributed by atoms with Crippen molar-refractivity contribution in [3.8, 4) is 5.75 Å². The fourth-order valence-corrected chi connectivity index (χ4v) is 4.10. The van der Waals surface area contributed by atoms with Crippen molar-refractivity contribution in [3.05, 3.63) is 53.6 Å². The van der Waals surface area contributed by atoms with E-state index in [4.69, 9.17) is 4.74 Å². The van der Waals surface area contributed by atoms with Crippen LogP contribution in [-0.2, 0) is 9.59 Å². The molecule has 0 saturated carbocycles. The average molecular weight is 408 g/mol. The van der Waals surface area contributed by atoms with E-state index in [1.807, 2.05) is 66.1 Å². The molecule has 6 nitrogen and oxygen atoms in total. The molecule has 0 spiro atoms. The Bertz CT molecular complexity index is 937. The summed E-state index contributed by atoms with van der Waals surface area (Å²) in [5.41, 5.74) is 3.95. The van der Waals surface area contributed by atoms with Crippen LogP contribution in [0.3, 0.4) is 0 Å². The van der Waals surface area contributed by atoms with Gasteiger partial charge in [-0.15, -0.1) is 0 Å². The number of piperidine rings is 1. The number of hydrogen-bond acceptors (Lipinski definition) is 4. The molecule has 2 aromatic carbocycles. The van der Waals surface area contributed by atoms with Crippen LogP contribution < -0.4 is 15.0 Å². The highest BCUT2D eigenvalue weighted by atomic mass is 16.5. The maximum atomic E-state index is 13.0. The summed E-state index contributed by atoms with van der Waals surface area (Å²) in [6, 6.07) is 13.5. The number of hydrogen-bond donors (Lipinski definition) is 1. The molecule has 4 rings (SSSR count). The molecule has 0 radical (unpaired) electrons. The molecule has 158 valence electrons. The predicted molar refractivity (Wildman–Crippen MR) is 118 cm³/mol. The molecule has 1 saturated heterocycles. The fraction of sp³-hybridized carbons (Fsp3) is 0.417. The minimum Gasteiger partial charge on any atom is -0.477 e. The minimum absolute atomic E-state index is 0.0174. The number of ether oxygens (including phenoxy) is 1. The number of benzene rings is 2. The van der Waals surface area contributed by atoms with Gasteiger partial charge in [0.1, 0.15) is 5.75 Å². The van der Waals surface area contributed by atoms with Gasteiger partial charge in [-0.3, -0.25) is 9.59 Å². The number of carbonyl (C=O) groups excluding carboxylic acids is 2. The Kier molecular flexibility index (Phi) is 5.93. The van der Waals surface area contributed by atoms with Crippen molar-refractivity contribution in [3.63, 3.8) is 0 Å². The van der Waals surface area contributed by atoms with Crippen LogP contribution in [0.2, 0.25) is 0 Å². The van der Waals surface area contributed by atoms with Crippen LogP contribution in [0.1, 0.15) is 30.4 Å². The van der Waals surface area contributed by atoms with Gasteiger partial charge in [-0.05, 0) is 68.5 Å². The van der Waals surface area contributed by atoms with Crippen molar-refractivity contribution in [1.82, 2.24) is 4.90 Å². The van der Waals surface area contributed by atoms with Crippen LogP contribution in [0, 0.1) is 13.8 Å². The summed E-state index contributed by atoms with van der Waals surface area (Å²) in [7, 11) is 0. The van der Waals surface area contributed by atoms with E-state index in [1.165, 1.54) is 12.0 Å². The molecule has 1 atom stereocenters. The lowest BCUT2D eigenvalue weighted by molar-refractivity contribution is -0.139.